The molecule has 0 atom stereocenters. The van der Waals surface area contributed by atoms with Gasteiger partial charge in [-0.25, -0.2) is 9.97 Å². The molecule has 2 aromatic carbocycles. The molecule has 7 nitrogen and oxygen atoms in total. The Morgan fingerprint density at radius 2 is 1.81 bits per heavy atom. The fraction of sp³-hybridized carbons (Fsp3) is 0.111. The van der Waals surface area contributed by atoms with Crippen molar-refractivity contribution in [3.8, 4) is 17.1 Å². The summed E-state index contributed by atoms with van der Waals surface area (Å²) in [5, 5.41) is 6.61. The van der Waals surface area contributed by atoms with Gasteiger partial charge in [0.2, 0.25) is 0 Å². The molecule has 0 saturated heterocycles. The monoisotopic (exact) mass is 502 g/mol. The zero-order valence-corrected chi connectivity index (χ0v) is 19.8. The molecule has 3 aromatic heterocycles. The minimum absolute atomic E-state index is 0.0832. The molecule has 5 aromatic rings. The summed E-state index contributed by atoms with van der Waals surface area (Å²) < 4.78 is 41.1. The number of halogens is 3. The van der Waals surface area contributed by atoms with Gasteiger partial charge in [0.15, 0.2) is 0 Å². The van der Waals surface area contributed by atoms with Crippen LogP contribution in [0.15, 0.2) is 79.4 Å². The van der Waals surface area contributed by atoms with Crippen LogP contribution >= 0.6 is 0 Å². The highest BCUT2D eigenvalue weighted by Crippen LogP contribution is 2.31. The average Bonchev–Trinajstić information content (AvgIpc) is 3.33. The first-order chi connectivity index (χ1) is 17.7. The number of pyridine rings is 1. The SMILES string of the molecule is CNc1cc(-n2ccc3cnc(-c4cc(NC(=O)c5cccc(C(F)(F)F)c5)ccc4C)cc32)ncn1. The number of nitrogens with zero attached hydrogens (tertiary/aromatic N) is 4. The summed E-state index contributed by atoms with van der Waals surface area (Å²) in [7, 11) is 1.78. The van der Waals surface area contributed by atoms with Gasteiger partial charge in [0.1, 0.15) is 18.0 Å². The summed E-state index contributed by atoms with van der Waals surface area (Å²) in [6.45, 7) is 1.92. The highest BCUT2D eigenvalue weighted by atomic mass is 19.4. The van der Waals surface area contributed by atoms with Crippen LogP contribution in [0.25, 0.3) is 28.0 Å². The summed E-state index contributed by atoms with van der Waals surface area (Å²) in [5.74, 6) is 0.730. The number of rotatable bonds is 5. The molecule has 2 N–H and O–H groups in total. The molecule has 0 spiro atoms. The second-order valence-corrected chi connectivity index (χ2v) is 8.39. The van der Waals surface area contributed by atoms with Gasteiger partial charge in [0.25, 0.3) is 5.91 Å². The van der Waals surface area contributed by atoms with Gasteiger partial charge in [0.05, 0.1) is 16.8 Å². The summed E-state index contributed by atoms with van der Waals surface area (Å²) >= 11 is 0. The first-order valence-electron chi connectivity index (χ1n) is 11.3. The molecule has 0 aliphatic carbocycles. The Hall–Kier alpha value is -4.73. The Kier molecular flexibility index (Phi) is 6.08. The van der Waals surface area contributed by atoms with Crippen LogP contribution in [-0.4, -0.2) is 32.5 Å². The van der Waals surface area contributed by atoms with Gasteiger partial charge in [-0.15, -0.1) is 0 Å². The van der Waals surface area contributed by atoms with Crippen LogP contribution in [0, 0.1) is 6.92 Å². The number of hydrogen-bond donors (Lipinski definition) is 2. The van der Waals surface area contributed by atoms with E-state index in [4.69, 9.17) is 0 Å². The maximum absolute atomic E-state index is 13.1. The lowest BCUT2D eigenvalue weighted by molar-refractivity contribution is -0.137. The number of fused-ring (bicyclic) bond motifs is 1. The standard InChI is InChI=1S/C27H21F3N6O/c1-16-6-7-20(35-26(37)17-4-3-5-19(10-17)27(28,29)30)11-21(16)22-12-23-18(14-32-22)8-9-36(23)25-13-24(31-2)33-15-34-25/h3-15H,1-2H3,(H,35,37)(H,31,33,34). The number of hydrogen-bond acceptors (Lipinski definition) is 5. The van der Waals surface area contributed by atoms with Crippen molar-refractivity contribution in [1.82, 2.24) is 19.5 Å². The zero-order chi connectivity index (χ0) is 26.2. The van der Waals surface area contributed by atoms with Crippen molar-refractivity contribution >= 4 is 28.3 Å². The molecule has 186 valence electrons. The number of carbonyl (C=O) groups is 1. The molecule has 0 unspecified atom stereocenters. The van der Waals surface area contributed by atoms with E-state index in [1.54, 1.807) is 25.4 Å². The van der Waals surface area contributed by atoms with Crippen molar-refractivity contribution in [2.75, 3.05) is 17.7 Å². The van der Waals surface area contributed by atoms with Crippen LogP contribution in [0.4, 0.5) is 24.7 Å². The van der Waals surface area contributed by atoms with E-state index in [9.17, 15) is 18.0 Å². The fourth-order valence-electron chi connectivity index (χ4n) is 4.01. The van der Waals surface area contributed by atoms with E-state index in [1.807, 2.05) is 42.0 Å². The van der Waals surface area contributed by atoms with E-state index in [2.05, 4.69) is 25.6 Å². The minimum atomic E-state index is -4.53. The highest BCUT2D eigenvalue weighted by molar-refractivity contribution is 6.04. The topological polar surface area (TPSA) is 84.7 Å². The lowest BCUT2D eigenvalue weighted by atomic mass is 10.0. The summed E-state index contributed by atoms with van der Waals surface area (Å²) in [4.78, 5) is 25.8. The Labute approximate surface area is 210 Å². The van der Waals surface area contributed by atoms with E-state index >= 15 is 0 Å². The van der Waals surface area contributed by atoms with Crippen LogP contribution in [0.2, 0.25) is 0 Å². The molecule has 3 heterocycles. The number of alkyl halides is 3. The molecular formula is C27H21F3N6O. The van der Waals surface area contributed by atoms with Crippen molar-refractivity contribution in [2.45, 2.75) is 13.1 Å². The second kappa shape index (κ2) is 9.38. The molecule has 0 aliphatic rings. The largest absolute Gasteiger partial charge is 0.416 e. The zero-order valence-electron chi connectivity index (χ0n) is 19.8. The number of nitrogens with one attached hydrogen (secondary N) is 2. The van der Waals surface area contributed by atoms with Gasteiger partial charge >= 0.3 is 6.18 Å². The Morgan fingerprint density at radius 1 is 0.973 bits per heavy atom. The third-order valence-electron chi connectivity index (χ3n) is 5.95. The van der Waals surface area contributed by atoms with Crippen LogP contribution < -0.4 is 10.6 Å². The molecule has 0 bridgehead atoms. The van der Waals surface area contributed by atoms with Gasteiger partial charge in [-0.2, -0.15) is 13.2 Å². The predicted octanol–water partition coefficient (Wildman–Crippen LogP) is 6.10. The molecule has 10 heteroatoms. The van der Waals surface area contributed by atoms with Crippen LogP contribution in [0.1, 0.15) is 21.5 Å². The maximum atomic E-state index is 13.1. The summed E-state index contributed by atoms with van der Waals surface area (Å²) in [6.07, 6.45) is 0.608. The van der Waals surface area contributed by atoms with Crippen molar-refractivity contribution < 1.29 is 18.0 Å². The molecule has 0 fully saturated rings. The summed E-state index contributed by atoms with van der Waals surface area (Å²) in [5.41, 5.74) is 2.72. The van der Waals surface area contributed by atoms with E-state index in [1.165, 1.54) is 18.5 Å². The third kappa shape index (κ3) is 4.86. The Balaban J connectivity index is 1.48. The van der Waals surface area contributed by atoms with E-state index in [0.717, 1.165) is 34.2 Å². The first kappa shape index (κ1) is 24.0. The molecule has 5 rings (SSSR count). The number of carbonyl (C=O) groups excluding carboxylic acids is 1. The summed E-state index contributed by atoms with van der Waals surface area (Å²) in [6, 6.07) is 15.3. The van der Waals surface area contributed by atoms with Crippen molar-refractivity contribution in [3.05, 3.63) is 96.1 Å². The number of aromatic nitrogens is 4. The molecular weight excluding hydrogens is 481 g/mol. The van der Waals surface area contributed by atoms with Gasteiger partial charge in [-0.05, 0) is 55.0 Å². The third-order valence-corrected chi connectivity index (χ3v) is 5.95. The second-order valence-electron chi connectivity index (χ2n) is 8.39. The van der Waals surface area contributed by atoms with Crippen molar-refractivity contribution in [1.29, 1.82) is 0 Å². The number of aryl methyl sites for hydroxylation is 1. The predicted molar refractivity (Wildman–Crippen MR) is 136 cm³/mol. The quantitative estimate of drug-likeness (QED) is 0.303. The smallest absolute Gasteiger partial charge is 0.373 e. The minimum Gasteiger partial charge on any atom is -0.373 e. The van der Waals surface area contributed by atoms with Gasteiger partial charge in [-0.3, -0.25) is 9.78 Å². The Bertz CT molecular complexity index is 1630. The lowest BCUT2D eigenvalue weighted by Crippen LogP contribution is -2.14. The number of benzene rings is 2. The van der Waals surface area contributed by atoms with E-state index in [0.29, 0.717) is 23.0 Å². The average molecular weight is 503 g/mol. The first-order valence-corrected chi connectivity index (χ1v) is 11.3. The lowest BCUT2D eigenvalue weighted by Gasteiger charge is -2.12. The van der Waals surface area contributed by atoms with Crippen molar-refractivity contribution in [3.63, 3.8) is 0 Å². The highest BCUT2D eigenvalue weighted by Gasteiger charge is 2.30. The molecule has 37 heavy (non-hydrogen) atoms. The molecule has 0 saturated carbocycles. The maximum Gasteiger partial charge on any atom is 0.416 e. The van der Waals surface area contributed by atoms with E-state index < -0.39 is 17.6 Å². The molecule has 0 aliphatic heterocycles. The molecule has 0 radical (unpaired) electrons. The van der Waals surface area contributed by atoms with Gasteiger partial charge in [0, 0.05) is 47.7 Å². The van der Waals surface area contributed by atoms with Gasteiger partial charge in [-0.1, -0.05) is 12.1 Å². The number of anilines is 2. The number of amides is 1. The van der Waals surface area contributed by atoms with Crippen LogP contribution in [0.3, 0.4) is 0 Å². The fourth-order valence-corrected chi connectivity index (χ4v) is 4.01. The van der Waals surface area contributed by atoms with E-state index in [-0.39, 0.29) is 5.56 Å². The molecule has 1 amide bonds. The van der Waals surface area contributed by atoms with Crippen LogP contribution in [0.5, 0.6) is 0 Å². The van der Waals surface area contributed by atoms with Crippen molar-refractivity contribution in [2.24, 2.45) is 0 Å². The van der Waals surface area contributed by atoms with Crippen LogP contribution in [-0.2, 0) is 6.18 Å². The van der Waals surface area contributed by atoms with Gasteiger partial charge < -0.3 is 15.2 Å². The Morgan fingerprint density at radius 3 is 2.59 bits per heavy atom. The normalized spacial score (nSPS) is 11.5.